The van der Waals surface area contributed by atoms with Crippen LogP contribution in [0.15, 0.2) is 52.4 Å². The average molecular weight is 496 g/mol. The molecule has 1 amide bonds. The van der Waals surface area contributed by atoms with Gasteiger partial charge in [-0.05, 0) is 61.4 Å². The maximum atomic E-state index is 13.4. The van der Waals surface area contributed by atoms with E-state index in [0.717, 1.165) is 37.2 Å². The minimum atomic E-state index is -0.130. The van der Waals surface area contributed by atoms with Gasteiger partial charge in [0.1, 0.15) is 0 Å². The predicted octanol–water partition coefficient (Wildman–Crippen LogP) is 4.59. The molecule has 1 saturated carbocycles. The number of aromatic nitrogens is 2. The van der Waals surface area contributed by atoms with Crippen molar-refractivity contribution in [3.05, 3.63) is 58.4 Å². The van der Waals surface area contributed by atoms with Crippen molar-refractivity contribution < 1.29 is 14.3 Å². The number of hydrogen-bond acceptors (Lipinski definition) is 6. The van der Waals surface area contributed by atoms with Crippen molar-refractivity contribution in [1.82, 2.24) is 14.5 Å². The number of amides is 1. The summed E-state index contributed by atoms with van der Waals surface area (Å²) in [4.78, 5) is 33.1. The van der Waals surface area contributed by atoms with E-state index in [-0.39, 0.29) is 23.3 Å². The fourth-order valence-electron chi connectivity index (χ4n) is 4.62. The summed E-state index contributed by atoms with van der Waals surface area (Å²) < 4.78 is 12.4. The summed E-state index contributed by atoms with van der Waals surface area (Å²) >= 11 is 1.32. The van der Waals surface area contributed by atoms with Gasteiger partial charge in [0, 0.05) is 13.1 Å². The number of carbonyl (C=O) groups is 1. The van der Waals surface area contributed by atoms with Crippen molar-refractivity contribution in [3.8, 4) is 11.5 Å². The van der Waals surface area contributed by atoms with Crippen molar-refractivity contribution in [1.29, 1.82) is 0 Å². The molecule has 35 heavy (non-hydrogen) atoms. The van der Waals surface area contributed by atoms with Crippen molar-refractivity contribution in [2.24, 2.45) is 5.92 Å². The number of nitrogens with zero attached hydrogens (tertiary/aromatic N) is 3. The lowest BCUT2D eigenvalue weighted by atomic mass is 9.87. The van der Waals surface area contributed by atoms with E-state index >= 15 is 0 Å². The molecule has 1 fully saturated rings. The number of fused-ring (bicyclic) bond motifs is 1. The Bertz CT molecular complexity index is 1250. The van der Waals surface area contributed by atoms with Crippen LogP contribution in [0.3, 0.4) is 0 Å². The molecule has 1 aliphatic carbocycles. The lowest BCUT2D eigenvalue weighted by Crippen LogP contribution is -2.40. The molecule has 2 aromatic carbocycles. The summed E-state index contributed by atoms with van der Waals surface area (Å²) in [6, 6.07) is 13.2. The molecule has 186 valence electrons. The first kappa shape index (κ1) is 25.1. The maximum absolute atomic E-state index is 13.4. The third kappa shape index (κ3) is 5.64. The topological polar surface area (TPSA) is 73.7 Å². The van der Waals surface area contributed by atoms with Crippen LogP contribution in [-0.4, -0.2) is 53.4 Å². The van der Waals surface area contributed by atoms with Crippen LogP contribution in [0.25, 0.3) is 10.9 Å². The van der Waals surface area contributed by atoms with Gasteiger partial charge in [0.2, 0.25) is 5.91 Å². The minimum Gasteiger partial charge on any atom is -0.493 e. The van der Waals surface area contributed by atoms with E-state index < -0.39 is 0 Å². The molecular formula is C27H33N3O4S. The molecule has 1 heterocycles. The van der Waals surface area contributed by atoms with E-state index in [9.17, 15) is 9.59 Å². The van der Waals surface area contributed by atoms with Gasteiger partial charge in [0.05, 0.1) is 37.4 Å². The fraction of sp³-hybridized carbons (Fsp3) is 0.444. The van der Waals surface area contributed by atoms with E-state index in [2.05, 4.69) is 6.92 Å². The maximum Gasteiger partial charge on any atom is 0.262 e. The van der Waals surface area contributed by atoms with Crippen molar-refractivity contribution in [3.63, 3.8) is 0 Å². The molecule has 4 rings (SSSR count). The van der Waals surface area contributed by atoms with Gasteiger partial charge in [0.15, 0.2) is 16.7 Å². The largest absolute Gasteiger partial charge is 0.493 e. The monoisotopic (exact) mass is 495 g/mol. The summed E-state index contributed by atoms with van der Waals surface area (Å²) in [5, 5.41) is 1.08. The average Bonchev–Trinajstić information content (AvgIpc) is 2.89. The summed E-state index contributed by atoms with van der Waals surface area (Å²) in [5.41, 5.74) is 1.38. The van der Waals surface area contributed by atoms with Crippen LogP contribution in [0, 0.1) is 5.92 Å². The zero-order valence-electron chi connectivity index (χ0n) is 20.8. The molecule has 0 bridgehead atoms. The molecule has 1 aliphatic rings. The standard InChI is InChI=1S/C27H33N3O4S/c1-18-9-12-20(13-10-18)29(2)25(31)17-35-27-28-22-8-6-5-7-21(22)26(32)30(27)16-19-11-14-23(33-3)24(15-19)34-4/h5-8,11,14-15,18,20H,9-10,12-13,16-17H2,1-4H3. The van der Waals surface area contributed by atoms with Crippen LogP contribution in [-0.2, 0) is 11.3 Å². The molecule has 0 spiro atoms. The number of rotatable bonds is 8. The van der Waals surface area contributed by atoms with Gasteiger partial charge >= 0.3 is 0 Å². The molecular weight excluding hydrogens is 462 g/mol. The van der Waals surface area contributed by atoms with Gasteiger partial charge in [0.25, 0.3) is 5.56 Å². The SMILES string of the molecule is COc1ccc(Cn2c(SCC(=O)N(C)C3CCC(C)CC3)nc3ccccc3c2=O)cc1OC. The highest BCUT2D eigenvalue weighted by Gasteiger charge is 2.25. The Labute approximate surface area is 210 Å². The van der Waals surface area contributed by atoms with Crippen molar-refractivity contribution >= 4 is 28.6 Å². The van der Waals surface area contributed by atoms with Gasteiger partial charge in [-0.25, -0.2) is 4.98 Å². The first-order valence-electron chi connectivity index (χ1n) is 12.0. The molecule has 0 radical (unpaired) electrons. The van der Waals surface area contributed by atoms with Crippen LogP contribution in [0.1, 0.15) is 38.2 Å². The number of methoxy groups -OCH3 is 2. The summed E-state index contributed by atoms with van der Waals surface area (Å²) in [5.74, 6) is 2.26. The zero-order valence-corrected chi connectivity index (χ0v) is 21.6. The minimum absolute atomic E-state index is 0.0645. The van der Waals surface area contributed by atoms with Crippen molar-refractivity contribution in [2.45, 2.75) is 50.4 Å². The molecule has 8 heteroatoms. The molecule has 0 saturated heterocycles. The predicted molar refractivity (Wildman–Crippen MR) is 140 cm³/mol. The molecule has 1 aromatic heterocycles. The van der Waals surface area contributed by atoms with Gasteiger partial charge in [-0.15, -0.1) is 0 Å². The van der Waals surface area contributed by atoms with Crippen LogP contribution >= 0.6 is 11.8 Å². The van der Waals surface area contributed by atoms with Crippen molar-refractivity contribution in [2.75, 3.05) is 27.0 Å². The number of para-hydroxylation sites is 1. The van der Waals surface area contributed by atoms with E-state index in [4.69, 9.17) is 14.5 Å². The van der Waals surface area contributed by atoms with Crippen LogP contribution in [0.2, 0.25) is 0 Å². The fourth-order valence-corrected chi connectivity index (χ4v) is 5.54. The van der Waals surface area contributed by atoms with Crippen LogP contribution in [0.5, 0.6) is 11.5 Å². The highest BCUT2D eigenvalue weighted by molar-refractivity contribution is 7.99. The Morgan fingerprint density at radius 1 is 1.09 bits per heavy atom. The van der Waals surface area contributed by atoms with Gasteiger partial charge in [-0.1, -0.05) is 36.9 Å². The quantitative estimate of drug-likeness (QED) is 0.336. The second-order valence-electron chi connectivity index (χ2n) is 9.20. The number of ether oxygens (including phenoxy) is 2. The summed E-state index contributed by atoms with van der Waals surface area (Å²) in [6.07, 6.45) is 4.41. The Balaban J connectivity index is 1.60. The first-order chi connectivity index (χ1) is 16.9. The summed E-state index contributed by atoms with van der Waals surface area (Å²) in [6.45, 7) is 2.58. The molecule has 0 aliphatic heterocycles. The normalized spacial score (nSPS) is 17.8. The van der Waals surface area contributed by atoms with Crippen LogP contribution in [0.4, 0.5) is 0 Å². The van der Waals surface area contributed by atoms with E-state index in [0.29, 0.717) is 34.1 Å². The highest BCUT2D eigenvalue weighted by Crippen LogP contribution is 2.29. The number of benzene rings is 2. The second kappa shape index (κ2) is 11.2. The Kier molecular flexibility index (Phi) is 8.00. The Hall–Kier alpha value is -3.00. The van der Waals surface area contributed by atoms with Gasteiger partial charge in [-0.3, -0.25) is 14.2 Å². The Morgan fingerprint density at radius 3 is 2.51 bits per heavy atom. The molecule has 0 unspecified atom stereocenters. The highest BCUT2D eigenvalue weighted by atomic mass is 32.2. The molecule has 0 N–H and O–H groups in total. The van der Waals surface area contributed by atoms with Gasteiger partial charge < -0.3 is 14.4 Å². The third-order valence-corrected chi connectivity index (χ3v) is 7.83. The number of thioether (sulfide) groups is 1. The lowest BCUT2D eigenvalue weighted by molar-refractivity contribution is -0.129. The first-order valence-corrected chi connectivity index (χ1v) is 13.0. The number of hydrogen-bond donors (Lipinski definition) is 0. The van der Waals surface area contributed by atoms with E-state index in [1.807, 2.05) is 48.3 Å². The van der Waals surface area contributed by atoms with E-state index in [1.165, 1.54) is 11.8 Å². The van der Waals surface area contributed by atoms with Crippen LogP contribution < -0.4 is 15.0 Å². The Morgan fingerprint density at radius 2 is 1.80 bits per heavy atom. The number of carbonyl (C=O) groups excluding carboxylic acids is 1. The zero-order chi connectivity index (χ0) is 24.9. The molecule has 0 atom stereocenters. The van der Waals surface area contributed by atoms with Gasteiger partial charge in [-0.2, -0.15) is 0 Å². The third-order valence-electron chi connectivity index (χ3n) is 6.87. The molecule has 7 nitrogen and oxygen atoms in total. The van der Waals surface area contributed by atoms with E-state index in [1.54, 1.807) is 24.9 Å². The summed E-state index contributed by atoms with van der Waals surface area (Å²) in [7, 11) is 5.07. The molecule has 3 aromatic rings. The smallest absolute Gasteiger partial charge is 0.262 e. The lowest BCUT2D eigenvalue weighted by Gasteiger charge is -2.33. The second-order valence-corrected chi connectivity index (χ2v) is 10.1.